The van der Waals surface area contributed by atoms with Crippen LogP contribution >= 0.6 is 0 Å². The van der Waals surface area contributed by atoms with Gasteiger partial charge in [-0.1, -0.05) is 0 Å². The molecule has 38 heavy (non-hydrogen) atoms. The van der Waals surface area contributed by atoms with Gasteiger partial charge in [-0.3, -0.25) is 9.07 Å². The van der Waals surface area contributed by atoms with E-state index in [1.165, 1.54) is 4.90 Å². The summed E-state index contributed by atoms with van der Waals surface area (Å²) in [5.74, 6) is 0.225. The first-order valence-corrected chi connectivity index (χ1v) is 14.1. The van der Waals surface area contributed by atoms with E-state index in [4.69, 9.17) is 19.3 Å². The molecule has 2 rings (SSSR count). The Kier molecular flexibility index (Phi) is 13.4. The van der Waals surface area contributed by atoms with E-state index >= 15 is 0 Å². The summed E-state index contributed by atoms with van der Waals surface area (Å²) in [4.78, 5) is 13.8. The maximum atomic E-state index is 13.6. The minimum atomic E-state index is -0.551. The van der Waals surface area contributed by atoms with Crippen LogP contribution in [0.5, 0.6) is 0 Å². The average Bonchev–Trinajstić information content (AvgIpc) is 3.20. The Morgan fingerprint density at radius 3 is 2.29 bits per heavy atom. The predicted octanol–water partition coefficient (Wildman–Crippen LogP) is 5.04. The summed E-state index contributed by atoms with van der Waals surface area (Å²) < 4.78 is 45.7. The van der Waals surface area contributed by atoms with Crippen molar-refractivity contribution in [2.45, 2.75) is 91.3 Å². The molecule has 1 aromatic rings. The van der Waals surface area contributed by atoms with Gasteiger partial charge in [0.15, 0.2) is 0 Å². The van der Waals surface area contributed by atoms with Gasteiger partial charge in [0.05, 0.1) is 32.1 Å². The molecule has 10 heteroatoms. The molecule has 1 heterocycles. The van der Waals surface area contributed by atoms with Crippen LogP contribution in [0.1, 0.15) is 83.2 Å². The number of hydrogen-bond acceptors (Lipinski definition) is 6. The third kappa shape index (κ3) is 9.75. The summed E-state index contributed by atoms with van der Waals surface area (Å²) in [7, 11) is 1.70. The maximum absolute atomic E-state index is 13.6. The number of halogens is 2. The first-order chi connectivity index (χ1) is 18.1. The van der Waals surface area contributed by atoms with E-state index in [0.29, 0.717) is 46.1 Å². The zero-order valence-electron chi connectivity index (χ0n) is 24.4. The number of amides is 1. The maximum Gasteiger partial charge on any atom is 0.410 e. The summed E-state index contributed by atoms with van der Waals surface area (Å²) in [6.07, 6.45) is 3.61. The molecule has 1 aromatic heterocycles. The quantitative estimate of drug-likeness (QED) is 0.294. The lowest BCUT2D eigenvalue weighted by Crippen LogP contribution is -2.38. The van der Waals surface area contributed by atoms with Gasteiger partial charge in [0.1, 0.15) is 12.3 Å². The van der Waals surface area contributed by atoms with Crippen molar-refractivity contribution in [1.29, 1.82) is 0 Å². The van der Waals surface area contributed by atoms with Gasteiger partial charge in [-0.15, -0.1) is 0 Å². The summed E-state index contributed by atoms with van der Waals surface area (Å²) in [5, 5.41) is 8.10. The zero-order chi connectivity index (χ0) is 28.2. The number of carbonyl (C=O) groups excluding carboxylic acids is 1. The number of carbonyl (C=O) groups is 1. The predicted molar refractivity (Wildman–Crippen MR) is 145 cm³/mol. The van der Waals surface area contributed by atoms with Crippen molar-refractivity contribution in [3.8, 4) is 0 Å². The number of likely N-dealkylation sites (N-methyl/N-ethyl adjacent to an activating group) is 1. The molecule has 1 amide bonds. The number of ether oxygens (including phenoxy) is 3. The molecule has 1 aliphatic rings. The smallest absolute Gasteiger partial charge is 0.410 e. The van der Waals surface area contributed by atoms with Crippen LogP contribution in [0, 0.1) is 5.41 Å². The van der Waals surface area contributed by atoms with E-state index in [1.807, 2.05) is 34.6 Å². The Balaban J connectivity index is 2.14. The highest BCUT2D eigenvalue weighted by Crippen LogP contribution is 2.45. The fourth-order valence-electron chi connectivity index (χ4n) is 5.16. The number of nitrogens with zero attached hydrogens (tertiary/aromatic N) is 3. The third-order valence-corrected chi connectivity index (χ3v) is 7.10. The molecule has 0 aliphatic heterocycles. The minimum absolute atomic E-state index is 0.0115. The molecular weight excluding hydrogens is 494 g/mol. The van der Waals surface area contributed by atoms with E-state index in [9.17, 15) is 13.6 Å². The minimum Gasteiger partial charge on any atom is -0.444 e. The monoisotopic (exact) mass is 544 g/mol. The third-order valence-electron chi connectivity index (χ3n) is 7.10. The fourth-order valence-corrected chi connectivity index (χ4v) is 5.16. The Hall–Kier alpha value is -1.78. The molecule has 0 spiro atoms. The van der Waals surface area contributed by atoms with Gasteiger partial charge in [-0.2, -0.15) is 5.10 Å². The molecule has 0 radical (unpaired) electrons. The van der Waals surface area contributed by atoms with Crippen molar-refractivity contribution in [2.24, 2.45) is 5.41 Å². The van der Waals surface area contributed by atoms with Gasteiger partial charge in [0.25, 0.3) is 0 Å². The number of rotatable bonds is 16. The van der Waals surface area contributed by atoms with Crippen LogP contribution in [0.2, 0.25) is 0 Å². The van der Waals surface area contributed by atoms with Gasteiger partial charge in [-0.25, -0.2) is 9.18 Å². The Labute approximate surface area is 227 Å². The lowest BCUT2D eigenvalue weighted by atomic mass is 9.69. The molecule has 0 aromatic carbocycles. The summed E-state index contributed by atoms with van der Waals surface area (Å²) in [5.41, 5.74) is 2.15. The molecule has 0 unspecified atom stereocenters. The van der Waals surface area contributed by atoms with Gasteiger partial charge in [0, 0.05) is 63.0 Å². The number of aryl methyl sites for hydroxylation is 1. The lowest BCUT2D eigenvalue weighted by molar-refractivity contribution is -0.0395. The Bertz CT molecular complexity index is 826. The van der Waals surface area contributed by atoms with Crippen molar-refractivity contribution in [3.63, 3.8) is 0 Å². The fraction of sp³-hybridized carbons (Fsp3) is 0.857. The molecule has 8 nitrogen and oxygen atoms in total. The second-order valence-electron chi connectivity index (χ2n) is 11.3. The normalized spacial score (nSPS) is 16.1. The highest BCUT2D eigenvalue weighted by molar-refractivity contribution is 5.67. The molecular formula is C28H50F2N4O4. The largest absolute Gasteiger partial charge is 0.444 e. The zero-order valence-corrected chi connectivity index (χ0v) is 24.4. The van der Waals surface area contributed by atoms with Crippen molar-refractivity contribution in [1.82, 2.24) is 20.0 Å². The van der Waals surface area contributed by atoms with Crippen LogP contribution in [-0.2, 0) is 33.7 Å². The SMILES string of the molecule is CCOCC1(COCC)CCC(c2c(CNCCN(C)C(=O)OC(C)(C)C)nn(CCF)c2CCF)CC1. The van der Waals surface area contributed by atoms with Gasteiger partial charge >= 0.3 is 6.09 Å². The molecule has 1 fully saturated rings. The van der Waals surface area contributed by atoms with Crippen LogP contribution in [0.4, 0.5) is 13.6 Å². The number of aromatic nitrogens is 2. The molecule has 1 saturated carbocycles. The van der Waals surface area contributed by atoms with Crippen LogP contribution in [0.15, 0.2) is 0 Å². The summed E-state index contributed by atoms with van der Waals surface area (Å²) >= 11 is 0. The van der Waals surface area contributed by atoms with Crippen molar-refractivity contribution in [2.75, 3.05) is 59.9 Å². The lowest BCUT2D eigenvalue weighted by Gasteiger charge is -2.40. The van der Waals surface area contributed by atoms with Crippen molar-refractivity contribution < 1.29 is 27.8 Å². The van der Waals surface area contributed by atoms with E-state index in [-0.39, 0.29) is 30.4 Å². The van der Waals surface area contributed by atoms with Crippen LogP contribution < -0.4 is 5.32 Å². The van der Waals surface area contributed by atoms with Crippen LogP contribution in [0.3, 0.4) is 0 Å². The average molecular weight is 545 g/mol. The summed E-state index contributed by atoms with van der Waals surface area (Å²) in [6.45, 7) is 12.8. The van der Waals surface area contributed by atoms with Crippen LogP contribution in [0.25, 0.3) is 0 Å². The molecule has 0 saturated heterocycles. The van der Waals surface area contributed by atoms with E-state index < -0.39 is 19.0 Å². The van der Waals surface area contributed by atoms with Gasteiger partial charge < -0.3 is 24.4 Å². The molecule has 220 valence electrons. The van der Waals surface area contributed by atoms with E-state index in [0.717, 1.165) is 42.6 Å². The van der Waals surface area contributed by atoms with E-state index in [1.54, 1.807) is 11.7 Å². The van der Waals surface area contributed by atoms with Crippen molar-refractivity contribution >= 4 is 6.09 Å². The second kappa shape index (κ2) is 15.7. The van der Waals surface area contributed by atoms with Gasteiger partial charge in [0.2, 0.25) is 0 Å². The highest BCUT2D eigenvalue weighted by atomic mass is 19.1. The molecule has 0 atom stereocenters. The topological polar surface area (TPSA) is 77.8 Å². The highest BCUT2D eigenvalue weighted by Gasteiger charge is 2.38. The van der Waals surface area contributed by atoms with Crippen molar-refractivity contribution in [3.05, 3.63) is 17.0 Å². The number of nitrogens with one attached hydrogen (secondary N) is 1. The standard InChI is InChI=1S/C28H50F2N4O4/c1-7-36-20-28(21-37-8-2)12-9-22(10-13-28)25-23(32-34(17-15-30)24(25)11-14-29)19-31-16-18-33(6)26(35)38-27(3,4)5/h22,31H,7-21H2,1-6H3. The Morgan fingerprint density at radius 2 is 1.76 bits per heavy atom. The first kappa shape index (κ1) is 32.4. The molecule has 1 aliphatic carbocycles. The summed E-state index contributed by atoms with van der Waals surface area (Å²) in [6, 6.07) is 0. The number of hydrogen-bond donors (Lipinski definition) is 1. The Morgan fingerprint density at radius 1 is 1.13 bits per heavy atom. The molecule has 0 bridgehead atoms. The first-order valence-electron chi connectivity index (χ1n) is 14.1. The van der Waals surface area contributed by atoms with Gasteiger partial charge in [-0.05, 0) is 66.2 Å². The second-order valence-corrected chi connectivity index (χ2v) is 11.3. The van der Waals surface area contributed by atoms with Crippen LogP contribution in [-0.4, -0.2) is 86.3 Å². The molecule has 1 N–H and O–H groups in total. The van der Waals surface area contributed by atoms with E-state index in [2.05, 4.69) is 5.32 Å². The number of alkyl halides is 2.